The van der Waals surface area contributed by atoms with Crippen LogP contribution < -0.4 is 14.8 Å². The molecule has 2 aromatic rings. The third-order valence-electron chi connectivity index (χ3n) is 3.27. The molecule has 0 bridgehead atoms. The van der Waals surface area contributed by atoms with Crippen molar-refractivity contribution in [2.45, 2.75) is 17.7 Å². The van der Waals surface area contributed by atoms with Gasteiger partial charge in [0.05, 0.1) is 19.9 Å². The van der Waals surface area contributed by atoms with E-state index in [1.54, 1.807) is 14.2 Å². The number of amides is 1. The lowest BCUT2D eigenvalue weighted by Gasteiger charge is -2.10. The first-order valence-corrected chi connectivity index (χ1v) is 7.37. The van der Waals surface area contributed by atoms with Gasteiger partial charge in [-0.05, 0) is 36.2 Å². The Kier molecular flexibility index (Phi) is 5.72. The molecular weight excluding hydrogens is 298 g/mol. The van der Waals surface area contributed by atoms with Gasteiger partial charge in [-0.2, -0.15) is 0 Å². The van der Waals surface area contributed by atoms with Gasteiger partial charge in [-0.3, -0.25) is 4.79 Å². The van der Waals surface area contributed by atoms with Crippen LogP contribution in [-0.2, 0) is 11.2 Å². The van der Waals surface area contributed by atoms with Crippen molar-refractivity contribution in [3.8, 4) is 11.5 Å². The second-order valence-corrected chi connectivity index (χ2v) is 5.24. The summed E-state index contributed by atoms with van der Waals surface area (Å²) in [6, 6.07) is 13.1. The first-order chi connectivity index (χ1) is 10.6. The zero-order valence-electron chi connectivity index (χ0n) is 12.6. The molecule has 0 saturated carbocycles. The van der Waals surface area contributed by atoms with E-state index in [4.69, 9.17) is 9.47 Å². The van der Waals surface area contributed by atoms with Gasteiger partial charge in [0.1, 0.15) is 0 Å². The maximum Gasteiger partial charge on any atom is 0.224 e. The zero-order valence-corrected chi connectivity index (χ0v) is 13.5. The molecule has 0 aliphatic carbocycles. The maximum atomic E-state index is 12.0. The lowest BCUT2D eigenvalue weighted by Crippen LogP contribution is -2.12. The number of anilines is 1. The number of hydrogen-bond donors (Lipinski definition) is 2. The number of ether oxygens (including phenoxy) is 2. The SMILES string of the molecule is COc1ccc(CCC(=O)Nc2ccccc2S)cc1OC. The van der Waals surface area contributed by atoms with Crippen molar-refractivity contribution in [1.29, 1.82) is 0 Å². The third-order valence-corrected chi connectivity index (χ3v) is 3.66. The monoisotopic (exact) mass is 317 g/mol. The Bertz CT molecular complexity index is 658. The van der Waals surface area contributed by atoms with Crippen molar-refractivity contribution in [3.63, 3.8) is 0 Å². The summed E-state index contributed by atoms with van der Waals surface area (Å²) >= 11 is 4.31. The summed E-state index contributed by atoms with van der Waals surface area (Å²) in [4.78, 5) is 12.8. The Morgan fingerprint density at radius 1 is 1.09 bits per heavy atom. The molecule has 0 aliphatic rings. The number of aryl methyl sites for hydroxylation is 1. The number of rotatable bonds is 6. The molecule has 0 unspecified atom stereocenters. The lowest BCUT2D eigenvalue weighted by atomic mass is 10.1. The molecule has 0 heterocycles. The van der Waals surface area contributed by atoms with Crippen molar-refractivity contribution in [2.75, 3.05) is 19.5 Å². The average molecular weight is 317 g/mol. The van der Waals surface area contributed by atoms with E-state index in [-0.39, 0.29) is 5.91 Å². The van der Waals surface area contributed by atoms with E-state index < -0.39 is 0 Å². The van der Waals surface area contributed by atoms with E-state index >= 15 is 0 Å². The number of thiol groups is 1. The number of nitrogens with one attached hydrogen (secondary N) is 1. The van der Waals surface area contributed by atoms with Crippen molar-refractivity contribution in [1.82, 2.24) is 0 Å². The molecule has 1 amide bonds. The van der Waals surface area contributed by atoms with Crippen LogP contribution in [0.25, 0.3) is 0 Å². The molecule has 0 aromatic heterocycles. The minimum Gasteiger partial charge on any atom is -0.493 e. The Morgan fingerprint density at radius 3 is 2.50 bits per heavy atom. The summed E-state index contributed by atoms with van der Waals surface area (Å²) in [7, 11) is 3.19. The van der Waals surface area contributed by atoms with Crippen LogP contribution in [0.1, 0.15) is 12.0 Å². The first kappa shape index (κ1) is 16.2. The highest BCUT2D eigenvalue weighted by atomic mass is 32.1. The lowest BCUT2D eigenvalue weighted by molar-refractivity contribution is -0.116. The molecule has 0 fully saturated rings. The summed E-state index contributed by atoms with van der Waals surface area (Å²) < 4.78 is 10.5. The number of para-hydroxylation sites is 1. The predicted molar refractivity (Wildman–Crippen MR) is 90.2 cm³/mol. The van der Waals surface area contributed by atoms with Gasteiger partial charge >= 0.3 is 0 Å². The highest BCUT2D eigenvalue weighted by molar-refractivity contribution is 7.80. The quantitative estimate of drug-likeness (QED) is 0.801. The minimum absolute atomic E-state index is 0.0451. The Morgan fingerprint density at radius 2 is 1.82 bits per heavy atom. The van der Waals surface area contributed by atoms with Gasteiger partial charge in [-0.15, -0.1) is 12.6 Å². The van der Waals surface area contributed by atoms with Gasteiger partial charge in [-0.1, -0.05) is 18.2 Å². The van der Waals surface area contributed by atoms with E-state index in [2.05, 4.69) is 17.9 Å². The first-order valence-electron chi connectivity index (χ1n) is 6.92. The van der Waals surface area contributed by atoms with Gasteiger partial charge in [0, 0.05) is 11.3 Å². The summed E-state index contributed by atoms with van der Waals surface area (Å²) in [6.07, 6.45) is 1.01. The van der Waals surface area contributed by atoms with Crippen LogP contribution in [0.15, 0.2) is 47.4 Å². The van der Waals surface area contributed by atoms with Crippen LogP contribution in [0.5, 0.6) is 11.5 Å². The van der Waals surface area contributed by atoms with E-state index in [1.807, 2.05) is 42.5 Å². The fourth-order valence-electron chi connectivity index (χ4n) is 2.09. The summed E-state index contributed by atoms with van der Waals surface area (Å²) in [5.41, 5.74) is 1.75. The van der Waals surface area contributed by atoms with E-state index in [0.29, 0.717) is 24.3 Å². The van der Waals surface area contributed by atoms with Crippen LogP contribution in [0.2, 0.25) is 0 Å². The molecule has 0 aliphatic heterocycles. The van der Waals surface area contributed by atoms with Crippen molar-refractivity contribution >= 4 is 24.2 Å². The van der Waals surface area contributed by atoms with Gasteiger partial charge < -0.3 is 14.8 Å². The zero-order chi connectivity index (χ0) is 15.9. The third kappa shape index (κ3) is 4.18. The highest BCUT2D eigenvalue weighted by Crippen LogP contribution is 2.28. The number of benzene rings is 2. The van der Waals surface area contributed by atoms with Crippen LogP contribution in [0, 0.1) is 0 Å². The molecule has 0 radical (unpaired) electrons. The van der Waals surface area contributed by atoms with Crippen LogP contribution >= 0.6 is 12.6 Å². The molecule has 0 saturated heterocycles. The molecular formula is C17H19NO3S. The second kappa shape index (κ2) is 7.75. The predicted octanol–water partition coefficient (Wildman–Crippen LogP) is 3.56. The molecule has 5 heteroatoms. The van der Waals surface area contributed by atoms with Crippen LogP contribution in [0.4, 0.5) is 5.69 Å². The van der Waals surface area contributed by atoms with Gasteiger partial charge in [-0.25, -0.2) is 0 Å². The average Bonchev–Trinajstić information content (AvgIpc) is 2.54. The van der Waals surface area contributed by atoms with Crippen molar-refractivity contribution < 1.29 is 14.3 Å². The summed E-state index contributed by atoms with van der Waals surface area (Å²) in [6.45, 7) is 0. The summed E-state index contributed by atoms with van der Waals surface area (Å²) in [5, 5.41) is 2.86. The van der Waals surface area contributed by atoms with E-state index in [0.717, 1.165) is 16.1 Å². The smallest absolute Gasteiger partial charge is 0.224 e. The standard InChI is InChI=1S/C17H19NO3S/c1-20-14-9-7-12(11-15(14)21-2)8-10-17(19)18-13-5-3-4-6-16(13)22/h3-7,9,11,22H,8,10H2,1-2H3,(H,18,19). The maximum absolute atomic E-state index is 12.0. The summed E-state index contributed by atoms with van der Waals surface area (Å²) in [5.74, 6) is 1.30. The molecule has 4 nitrogen and oxygen atoms in total. The van der Waals surface area contributed by atoms with Gasteiger partial charge in [0.15, 0.2) is 11.5 Å². The van der Waals surface area contributed by atoms with E-state index in [9.17, 15) is 4.79 Å². The normalized spacial score (nSPS) is 10.1. The number of methoxy groups -OCH3 is 2. The van der Waals surface area contributed by atoms with Crippen molar-refractivity contribution in [2.24, 2.45) is 0 Å². The Hall–Kier alpha value is -2.14. The minimum atomic E-state index is -0.0451. The largest absolute Gasteiger partial charge is 0.493 e. The molecule has 0 atom stereocenters. The fraction of sp³-hybridized carbons (Fsp3) is 0.235. The number of carbonyl (C=O) groups is 1. The topological polar surface area (TPSA) is 47.6 Å². The highest BCUT2D eigenvalue weighted by Gasteiger charge is 2.08. The number of hydrogen-bond acceptors (Lipinski definition) is 4. The van der Waals surface area contributed by atoms with Crippen LogP contribution in [-0.4, -0.2) is 20.1 Å². The van der Waals surface area contributed by atoms with Crippen molar-refractivity contribution in [3.05, 3.63) is 48.0 Å². The number of carbonyl (C=O) groups excluding carboxylic acids is 1. The second-order valence-electron chi connectivity index (χ2n) is 4.75. The fourth-order valence-corrected chi connectivity index (χ4v) is 2.30. The molecule has 0 spiro atoms. The van der Waals surface area contributed by atoms with Gasteiger partial charge in [0.25, 0.3) is 0 Å². The molecule has 22 heavy (non-hydrogen) atoms. The molecule has 2 rings (SSSR count). The molecule has 1 N–H and O–H groups in total. The van der Waals surface area contributed by atoms with Crippen LogP contribution in [0.3, 0.4) is 0 Å². The Balaban J connectivity index is 1.95. The van der Waals surface area contributed by atoms with Gasteiger partial charge in [0.2, 0.25) is 5.91 Å². The Labute approximate surface area is 135 Å². The molecule has 2 aromatic carbocycles. The molecule has 116 valence electrons. The van der Waals surface area contributed by atoms with E-state index in [1.165, 1.54) is 0 Å².